The molecule has 1 heterocycles. The van der Waals surface area contributed by atoms with Gasteiger partial charge in [-0.05, 0) is 0 Å². The Labute approximate surface area is 57.5 Å². The van der Waals surface area contributed by atoms with E-state index in [1.807, 2.05) is 6.09 Å². The smallest absolute Gasteiger partial charge is 0 e. The van der Waals surface area contributed by atoms with Crippen LogP contribution in [0.1, 0.15) is 0 Å². The van der Waals surface area contributed by atoms with Gasteiger partial charge in [0.2, 0.25) is 0 Å². The summed E-state index contributed by atoms with van der Waals surface area (Å²) in [5.74, 6) is 0. The van der Waals surface area contributed by atoms with Gasteiger partial charge >= 0.3 is 31.2 Å². The third kappa shape index (κ3) is 1.92. The van der Waals surface area contributed by atoms with E-state index in [9.17, 15) is 0 Å². The summed E-state index contributed by atoms with van der Waals surface area (Å²) >= 11 is 0. The van der Waals surface area contributed by atoms with Gasteiger partial charge in [0.25, 0.3) is 0 Å². The molecule has 0 aromatic heterocycles. The number of nitrogens with zero attached hydrogens (tertiary/aromatic N) is 1. The second-order valence-corrected chi connectivity index (χ2v) is 1.08. The molecule has 1 rings (SSSR count). The summed E-state index contributed by atoms with van der Waals surface area (Å²) in [6.45, 7) is 3.08. The molecule has 0 bridgehead atoms. The molecule has 1 nitrogen and oxygen atoms in total. The molecule has 0 unspecified atom stereocenters. The Bertz CT molecular complexity index is 48.8. The van der Waals surface area contributed by atoms with Gasteiger partial charge in [-0.15, -0.1) is 0 Å². The van der Waals surface area contributed by atoms with Gasteiger partial charge in [-0.3, -0.25) is 0 Å². The van der Waals surface area contributed by atoms with Crippen molar-refractivity contribution in [2.24, 2.45) is 0 Å². The van der Waals surface area contributed by atoms with E-state index in [0.29, 0.717) is 0 Å². The van der Waals surface area contributed by atoms with E-state index >= 15 is 0 Å². The molecule has 1 aliphatic heterocycles. The van der Waals surface area contributed by atoms with Crippen LogP contribution in [0.2, 0.25) is 6.32 Å². The van der Waals surface area contributed by atoms with Gasteiger partial charge in [0, 0.05) is 26.2 Å². The molecule has 0 aromatic rings. The fourth-order valence-electron chi connectivity index (χ4n) is 0.373. The van der Waals surface area contributed by atoms with Crippen LogP contribution in [0.15, 0.2) is 0 Å². The van der Waals surface area contributed by atoms with Gasteiger partial charge in [-0.2, -0.15) is 0 Å². The van der Waals surface area contributed by atoms with Crippen LogP contribution in [0.25, 0.3) is 5.32 Å². The van der Waals surface area contributed by atoms with Crippen molar-refractivity contribution >= 4 is 13.0 Å². The molecule has 30 valence electrons. The summed E-state index contributed by atoms with van der Waals surface area (Å²) in [7, 11) is 0. The van der Waals surface area contributed by atoms with Crippen molar-refractivity contribution in [1.29, 1.82) is 0 Å². The molecule has 0 radical (unpaired) electrons. The zero-order valence-corrected chi connectivity index (χ0v) is 5.97. The molecule has 0 N–H and O–H groups in total. The third-order valence-electron chi connectivity index (χ3n) is 0.636. The van der Waals surface area contributed by atoms with E-state index < -0.39 is 0 Å². The van der Waals surface area contributed by atoms with Crippen molar-refractivity contribution in [3.63, 3.8) is 0 Å². The van der Waals surface area contributed by atoms with Gasteiger partial charge in [-0.1, -0.05) is 0 Å². The van der Waals surface area contributed by atoms with Crippen molar-refractivity contribution in [1.82, 2.24) is 0 Å². The maximum Gasteiger partial charge on any atom is 0 e. The standard InChI is InChI=1S/C3H5BN.Zr/c1-2-5-3-4-1;/h3H,1-2H2;/q-1;. The van der Waals surface area contributed by atoms with E-state index in [0.717, 1.165) is 12.9 Å². The van der Waals surface area contributed by atoms with Gasteiger partial charge in [0.05, 0.1) is 0 Å². The van der Waals surface area contributed by atoms with E-state index in [2.05, 4.69) is 12.2 Å². The van der Waals surface area contributed by atoms with E-state index in [4.69, 9.17) is 0 Å². The van der Waals surface area contributed by atoms with Crippen LogP contribution < -0.4 is 0 Å². The van der Waals surface area contributed by atoms with Gasteiger partial charge in [0.1, 0.15) is 0 Å². The van der Waals surface area contributed by atoms with Crippen molar-refractivity contribution < 1.29 is 26.2 Å². The van der Waals surface area contributed by atoms with Crippen molar-refractivity contribution in [3.8, 4) is 0 Å². The quantitative estimate of drug-likeness (QED) is 0.447. The molecule has 1 aliphatic rings. The minimum atomic E-state index is 0. The molecule has 0 amide bonds. The van der Waals surface area contributed by atoms with Gasteiger partial charge in [-0.25, -0.2) is 0 Å². The fraction of sp³-hybridized carbons (Fsp3) is 0.667. The fourth-order valence-corrected chi connectivity index (χ4v) is 0.373. The molecular weight excluding hydrogens is 152 g/mol. The van der Waals surface area contributed by atoms with Crippen LogP contribution in [0.3, 0.4) is 0 Å². The largest absolute Gasteiger partial charge is 0 e. The maximum absolute atomic E-state index is 3.90. The molecule has 0 aromatic carbocycles. The summed E-state index contributed by atoms with van der Waals surface area (Å²) in [4.78, 5) is 0. The summed E-state index contributed by atoms with van der Waals surface area (Å²) in [6, 6.07) is 0. The monoisotopic (exact) mass is 156 g/mol. The second-order valence-electron chi connectivity index (χ2n) is 1.08. The SMILES string of the molecule is B1=C[N-]CC1.[Zr]. The first-order valence-corrected chi connectivity index (χ1v) is 1.82. The topological polar surface area (TPSA) is 14.1 Å². The Morgan fingerprint density at radius 1 is 1.67 bits per heavy atom. The predicted molar refractivity (Wildman–Crippen MR) is 24.9 cm³/mol. The van der Waals surface area contributed by atoms with E-state index in [1.165, 1.54) is 0 Å². The van der Waals surface area contributed by atoms with E-state index in [1.54, 1.807) is 0 Å². The zero-order valence-electron chi connectivity index (χ0n) is 3.52. The Morgan fingerprint density at radius 3 is 2.67 bits per heavy atom. The third-order valence-corrected chi connectivity index (χ3v) is 0.636. The van der Waals surface area contributed by atoms with Crippen LogP contribution in [0, 0.1) is 0 Å². The normalized spacial score (nSPS) is 14.7. The molecule has 0 spiro atoms. The number of rotatable bonds is 0. The molecule has 0 saturated heterocycles. The zero-order chi connectivity index (χ0) is 3.54. The number of hydrogen-bond donors (Lipinski definition) is 0. The molecule has 6 heavy (non-hydrogen) atoms. The second kappa shape index (κ2) is 3.80. The Kier molecular flexibility index (Phi) is 4.19. The van der Waals surface area contributed by atoms with Crippen molar-refractivity contribution in [3.05, 3.63) is 5.32 Å². The van der Waals surface area contributed by atoms with Crippen LogP contribution in [0.4, 0.5) is 0 Å². The van der Waals surface area contributed by atoms with Crippen LogP contribution >= 0.6 is 0 Å². The first-order valence-electron chi connectivity index (χ1n) is 1.82. The maximum atomic E-state index is 3.90. The summed E-state index contributed by atoms with van der Waals surface area (Å²) in [5, 5.41) is 3.90. The predicted octanol–water partition coefficient (Wildman–Crippen LogP) is 0.253. The minimum Gasteiger partial charge on any atom is 0 e. The summed E-state index contributed by atoms with van der Waals surface area (Å²) in [6.07, 6.45) is 3.01. The van der Waals surface area contributed by atoms with Gasteiger partial charge < -0.3 is 0 Å². The van der Waals surface area contributed by atoms with Crippen LogP contribution in [-0.2, 0) is 26.2 Å². The first-order chi connectivity index (χ1) is 2.50. The number of hydrogen-bond acceptors (Lipinski definition) is 0. The Hall–Kier alpha value is 0.618. The van der Waals surface area contributed by atoms with E-state index in [-0.39, 0.29) is 26.2 Å². The Balaban J connectivity index is 0.000000250. The average Bonchev–Trinajstić information content (AvgIpc) is 1.76. The van der Waals surface area contributed by atoms with Crippen molar-refractivity contribution in [2.75, 3.05) is 6.54 Å². The van der Waals surface area contributed by atoms with Crippen LogP contribution in [-0.4, -0.2) is 19.6 Å². The molecular formula is C3H5BNZr-. The summed E-state index contributed by atoms with van der Waals surface area (Å²) < 4.78 is 0. The van der Waals surface area contributed by atoms with Crippen molar-refractivity contribution in [2.45, 2.75) is 6.32 Å². The molecule has 0 saturated carbocycles. The average molecular weight is 157 g/mol. The molecule has 0 aliphatic carbocycles. The Morgan fingerprint density at radius 2 is 2.50 bits per heavy atom. The summed E-state index contributed by atoms with van der Waals surface area (Å²) in [5.41, 5.74) is 0. The molecule has 0 fully saturated rings. The molecule has 3 heteroatoms. The van der Waals surface area contributed by atoms with Crippen LogP contribution in [0.5, 0.6) is 0 Å². The minimum absolute atomic E-state index is 0. The van der Waals surface area contributed by atoms with Gasteiger partial charge in [0.15, 0.2) is 0 Å². The molecule has 0 atom stereocenters. The first kappa shape index (κ1) is 6.62.